The lowest BCUT2D eigenvalue weighted by Crippen LogP contribution is -2.58. The summed E-state index contributed by atoms with van der Waals surface area (Å²) in [4.78, 5) is 35.4. The highest BCUT2D eigenvalue weighted by Crippen LogP contribution is 2.45. The van der Waals surface area contributed by atoms with Crippen LogP contribution in [0.5, 0.6) is 11.5 Å². The standard InChI is InChI=1S/C30H36Cl2N4O4/c1-18(2)40-25-16-21(39-3)12-13-23(25)29-34-27(19-8-10-20(31)11-9-19)28(22-6-4-5-7-24(22)32)36(29)30(38)35-15-14-33-26(37)17-35/h8-13,16,18,22,24,27-28H,4-7,14-15,17H2,1-3H3,(H,33,37)/t22?,24?,27-,28+/m1/s1. The monoisotopic (exact) mass is 586 g/mol. The van der Waals surface area contributed by atoms with Gasteiger partial charge in [0.05, 0.1) is 30.9 Å². The Kier molecular flexibility index (Phi) is 8.76. The van der Waals surface area contributed by atoms with Crippen molar-refractivity contribution in [1.29, 1.82) is 0 Å². The van der Waals surface area contributed by atoms with Gasteiger partial charge in [-0.3, -0.25) is 14.7 Å². The van der Waals surface area contributed by atoms with Crippen molar-refractivity contribution < 1.29 is 19.1 Å². The predicted molar refractivity (Wildman–Crippen MR) is 157 cm³/mol. The number of rotatable bonds is 6. The summed E-state index contributed by atoms with van der Waals surface area (Å²) < 4.78 is 11.7. The molecule has 1 N–H and O–H groups in total. The van der Waals surface area contributed by atoms with Crippen LogP contribution in [-0.2, 0) is 4.79 Å². The van der Waals surface area contributed by atoms with Crippen molar-refractivity contribution in [3.8, 4) is 11.5 Å². The molecular weight excluding hydrogens is 551 g/mol. The molecule has 40 heavy (non-hydrogen) atoms. The van der Waals surface area contributed by atoms with Crippen LogP contribution in [-0.4, -0.2) is 71.8 Å². The van der Waals surface area contributed by atoms with Gasteiger partial charge in [-0.15, -0.1) is 11.6 Å². The van der Waals surface area contributed by atoms with E-state index in [0.717, 1.165) is 31.2 Å². The molecule has 2 heterocycles. The second-order valence-corrected chi connectivity index (χ2v) is 11.9. The Bertz CT molecular complexity index is 1270. The fourth-order valence-corrected chi connectivity index (χ4v) is 6.50. The number of nitrogens with one attached hydrogen (secondary N) is 1. The Morgan fingerprint density at radius 3 is 2.55 bits per heavy atom. The first-order chi connectivity index (χ1) is 19.3. The van der Waals surface area contributed by atoms with Crippen molar-refractivity contribution >= 4 is 41.0 Å². The zero-order valence-corrected chi connectivity index (χ0v) is 24.6. The van der Waals surface area contributed by atoms with Crippen molar-refractivity contribution in [2.45, 2.75) is 63.1 Å². The minimum atomic E-state index is -0.367. The van der Waals surface area contributed by atoms with Gasteiger partial charge in [0.1, 0.15) is 23.9 Å². The number of methoxy groups -OCH3 is 1. The molecule has 2 fully saturated rings. The number of amidine groups is 1. The molecule has 2 aromatic carbocycles. The van der Waals surface area contributed by atoms with Gasteiger partial charge < -0.3 is 19.7 Å². The average molecular weight is 588 g/mol. The highest BCUT2D eigenvalue weighted by Gasteiger charge is 2.49. The van der Waals surface area contributed by atoms with E-state index in [0.29, 0.717) is 41.0 Å². The largest absolute Gasteiger partial charge is 0.497 e. The number of hydrogen-bond acceptors (Lipinski definition) is 5. The van der Waals surface area contributed by atoms with Crippen LogP contribution in [0.25, 0.3) is 0 Å². The third kappa shape index (κ3) is 5.88. The van der Waals surface area contributed by atoms with Gasteiger partial charge in [0, 0.05) is 29.6 Å². The predicted octanol–water partition coefficient (Wildman–Crippen LogP) is 5.66. The molecule has 8 nitrogen and oxygen atoms in total. The smallest absolute Gasteiger partial charge is 0.326 e. The van der Waals surface area contributed by atoms with E-state index in [9.17, 15) is 9.59 Å². The molecule has 2 aromatic rings. The van der Waals surface area contributed by atoms with Gasteiger partial charge >= 0.3 is 6.03 Å². The molecule has 1 aliphatic carbocycles. The van der Waals surface area contributed by atoms with Gasteiger partial charge in [-0.2, -0.15) is 0 Å². The highest BCUT2D eigenvalue weighted by molar-refractivity contribution is 6.30. The van der Waals surface area contributed by atoms with Crippen molar-refractivity contribution in [3.05, 3.63) is 58.6 Å². The Balaban J connectivity index is 1.68. The number of carbonyl (C=O) groups is 2. The fourth-order valence-electron chi connectivity index (χ4n) is 5.95. The summed E-state index contributed by atoms with van der Waals surface area (Å²) in [7, 11) is 1.61. The Morgan fingerprint density at radius 1 is 1.12 bits per heavy atom. The first-order valence-electron chi connectivity index (χ1n) is 13.9. The summed E-state index contributed by atoms with van der Waals surface area (Å²) in [6.45, 7) is 4.72. The molecule has 5 rings (SSSR count). The Hall–Kier alpha value is -2.97. The average Bonchev–Trinajstić information content (AvgIpc) is 3.33. The summed E-state index contributed by atoms with van der Waals surface area (Å²) in [6.07, 6.45) is 3.74. The first-order valence-corrected chi connectivity index (χ1v) is 14.8. The van der Waals surface area contributed by atoms with Gasteiger partial charge in [0.15, 0.2) is 0 Å². The van der Waals surface area contributed by atoms with Crippen molar-refractivity contribution in [3.63, 3.8) is 0 Å². The fraction of sp³-hybridized carbons (Fsp3) is 0.500. The van der Waals surface area contributed by atoms with Crippen LogP contribution in [0.3, 0.4) is 0 Å². The second kappa shape index (κ2) is 12.3. The van der Waals surface area contributed by atoms with Gasteiger partial charge in [-0.1, -0.05) is 36.6 Å². The van der Waals surface area contributed by atoms with Gasteiger partial charge in [-0.05, 0) is 62.4 Å². The van der Waals surface area contributed by atoms with Gasteiger partial charge in [0.25, 0.3) is 0 Å². The first kappa shape index (κ1) is 28.6. The lowest BCUT2D eigenvalue weighted by atomic mass is 9.79. The van der Waals surface area contributed by atoms with Crippen LogP contribution >= 0.6 is 23.2 Å². The molecule has 0 bridgehead atoms. The quantitative estimate of drug-likeness (QED) is 0.443. The van der Waals surface area contributed by atoms with Crippen molar-refractivity contribution in [1.82, 2.24) is 15.1 Å². The number of hydrogen-bond donors (Lipinski definition) is 1. The van der Waals surface area contributed by atoms with E-state index in [1.807, 2.05) is 56.3 Å². The third-order valence-electron chi connectivity index (χ3n) is 7.80. The van der Waals surface area contributed by atoms with Crippen LogP contribution < -0.4 is 14.8 Å². The highest BCUT2D eigenvalue weighted by atomic mass is 35.5. The van der Waals surface area contributed by atoms with Crippen LogP contribution in [0, 0.1) is 5.92 Å². The topological polar surface area (TPSA) is 83.5 Å². The van der Waals surface area contributed by atoms with E-state index >= 15 is 0 Å². The van der Waals surface area contributed by atoms with E-state index in [1.165, 1.54) is 0 Å². The number of aliphatic imine (C=N–C) groups is 1. The lowest BCUT2D eigenvalue weighted by Gasteiger charge is -2.41. The number of nitrogens with zero attached hydrogens (tertiary/aromatic N) is 3. The summed E-state index contributed by atoms with van der Waals surface area (Å²) in [5.74, 6) is 1.55. The Morgan fingerprint density at radius 2 is 1.88 bits per heavy atom. The number of ether oxygens (including phenoxy) is 2. The molecule has 0 spiro atoms. The van der Waals surface area contributed by atoms with E-state index in [1.54, 1.807) is 16.9 Å². The molecule has 3 amide bonds. The zero-order valence-electron chi connectivity index (χ0n) is 23.1. The maximum absolute atomic E-state index is 14.4. The number of piperazine rings is 1. The van der Waals surface area contributed by atoms with Crippen molar-refractivity contribution in [2.24, 2.45) is 10.9 Å². The molecule has 2 unspecified atom stereocenters. The third-order valence-corrected chi connectivity index (χ3v) is 8.59. The number of amides is 3. The number of halogens is 2. The second-order valence-electron chi connectivity index (χ2n) is 10.9. The number of carbonyl (C=O) groups excluding carboxylic acids is 2. The van der Waals surface area contributed by atoms with E-state index in [4.69, 9.17) is 37.7 Å². The summed E-state index contributed by atoms with van der Waals surface area (Å²) in [5, 5.41) is 3.34. The number of urea groups is 1. The molecule has 0 radical (unpaired) electrons. The molecular formula is C30H36Cl2N4O4. The minimum absolute atomic E-state index is 0.00607. The molecule has 214 valence electrons. The molecule has 10 heteroatoms. The maximum Gasteiger partial charge on any atom is 0.326 e. The van der Waals surface area contributed by atoms with Crippen LogP contribution in [0.4, 0.5) is 4.79 Å². The summed E-state index contributed by atoms with van der Waals surface area (Å²) in [6, 6.07) is 12.2. The molecule has 1 saturated heterocycles. The molecule has 2 aliphatic heterocycles. The zero-order chi connectivity index (χ0) is 28.4. The normalized spacial score (nSPS) is 25.1. The van der Waals surface area contributed by atoms with Gasteiger partial charge in [0.2, 0.25) is 5.91 Å². The van der Waals surface area contributed by atoms with Gasteiger partial charge in [-0.25, -0.2) is 4.79 Å². The summed E-state index contributed by atoms with van der Waals surface area (Å²) in [5.41, 5.74) is 1.64. The van der Waals surface area contributed by atoms with Crippen LogP contribution in [0.15, 0.2) is 47.5 Å². The van der Waals surface area contributed by atoms with E-state index < -0.39 is 0 Å². The van der Waals surface area contributed by atoms with Crippen LogP contribution in [0.1, 0.15) is 56.7 Å². The van der Waals surface area contributed by atoms with Crippen molar-refractivity contribution in [2.75, 3.05) is 26.7 Å². The minimum Gasteiger partial charge on any atom is -0.497 e. The van der Waals surface area contributed by atoms with E-state index in [-0.39, 0.29) is 48.0 Å². The van der Waals surface area contributed by atoms with E-state index in [2.05, 4.69) is 5.32 Å². The SMILES string of the molecule is COc1ccc(C2=N[C@H](c3ccc(Cl)cc3)[C@H](C3CCCCC3Cl)N2C(=O)N2CCNC(=O)C2)c(OC(C)C)c1. The Labute approximate surface area is 245 Å². The van der Waals surface area contributed by atoms with Crippen LogP contribution in [0.2, 0.25) is 5.02 Å². The number of alkyl halides is 1. The number of benzene rings is 2. The molecule has 4 atom stereocenters. The molecule has 3 aliphatic rings. The maximum atomic E-state index is 14.4. The summed E-state index contributed by atoms with van der Waals surface area (Å²) >= 11 is 13.3. The molecule has 0 aromatic heterocycles. The lowest BCUT2D eigenvalue weighted by molar-refractivity contribution is -0.123. The molecule has 1 saturated carbocycles.